The summed E-state index contributed by atoms with van der Waals surface area (Å²) in [5.41, 5.74) is 4.07. The highest BCUT2D eigenvalue weighted by Gasteiger charge is 2.25. The number of carboxylic acids is 1. The first-order valence-corrected chi connectivity index (χ1v) is 6.86. The molecule has 0 saturated carbocycles. The van der Waals surface area contributed by atoms with E-state index in [2.05, 4.69) is 5.10 Å². The van der Waals surface area contributed by atoms with Crippen LogP contribution in [0.15, 0.2) is 30.6 Å². The number of carbonyl (C=O) groups is 1. The van der Waals surface area contributed by atoms with Gasteiger partial charge in [0.05, 0.1) is 6.20 Å². The van der Waals surface area contributed by atoms with Crippen LogP contribution in [0, 0.1) is 13.8 Å². The number of carboxylic acid groups (broad SMARTS) is 1. The molecule has 5 nitrogen and oxygen atoms in total. The molecule has 1 heterocycles. The average molecular weight is 287 g/mol. The van der Waals surface area contributed by atoms with Crippen LogP contribution in [0.1, 0.15) is 28.3 Å². The van der Waals surface area contributed by atoms with E-state index in [9.17, 15) is 9.90 Å². The molecular formula is C16H21N3O2. The quantitative estimate of drug-likeness (QED) is 0.916. The zero-order chi connectivity index (χ0) is 15.6. The van der Waals surface area contributed by atoms with E-state index in [4.69, 9.17) is 0 Å². The van der Waals surface area contributed by atoms with Gasteiger partial charge in [-0.2, -0.15) is 5.10 Å². The fraction of sp³-hybridized carbons (Fsp3) is 0.375. The molecule has 0 aliphatic heterocycles. The molecule has 1 aromatic carbocycles. The normalized spacial score (nSPS) is 12.6. The largest absolute Gasteiger partial charge is 0.480 e. The summed E-state index contributed by atoms with van der Waals surface area (Å²) in [6.45, 7) is 4.56. The number of hydrogen-bond acceptors (Lipinski definition) is 3. The fourth-order valence-electron chi connectivity index (χ4n) is 2.45. The van der Waals surface area contributed by atoms with Gasteiger partial charge in [0.1, 0.15) is 6.04 Å². The smallest absolute Gasteiger partial charge is 0.325 e. The van der Waals surface area contributed by atoms with E-state index in [1.807, 2.05) is 57.2 Å². The Labute approximate surface area is 124 Å². The molecule has 0 aliphatic carbocycles. The minimum absolute atomic E-state index is 0.539. The number of aliphatic carboxylic acids is 1. The molecule has 1 N–H and O–H groups in total. The molecule has 1 atom stereocenters. The molecule has 0 fully saturated rings. The molecular weight excluding hydrogens is 266 g/mol. The molecule has 112 valence electrons. The third-order valence-electron chi connectivity index (χ3n) is 3.71. The van der Waals surface area contributed by atoms with Gasteiger partial charge in [-0.05, 0) is 37.6 Å². The number of aryl methyl sites for hydroxylation is 3. The van der Waals surface area contributed by atoms with E-state index < -0.39 is 12.0 Å². The third-order valence-corrected chi connectivity index (χ3v) is 3.71. The van der Waals surface area contributed by atoms with E-state index in [-0.39, 0.29) is 0 Å². The Balaban J connectivity index is 2.25. The van der Waals surface area contributed by atoms with Gasteiger partial charge >= 0.3 is 5.97 Å². The highest BCUT2D eigenvalue weighted by Crippen LogP contribution is 2.23. The number of aromatic nitrogens is 2. The predicted molar refractivity (Wildman–Crippen MR) is 81.0 cm³/mol. The second-order valence-electron chi connectivity index (χ2n) is 5.52. The van der Waals surface area contributed by atoms with Crippen LogP contribution in [0.4, 0.5) is 0 Å². The van der Waals surface area contributed by atoms with Crippen molar-refractivity contribution in [3.05, 3.63) is 52.8 Å². The monoisotopic (exact) mass is 287 g/mol. The lowest BCUT2D eigenvalue weighted by atomic mass is 10.00. The molecule has 0 aliphatic rings. The maximum Gasteiger partial charge on any atom is 0.325 e. The van der Waals surface area contributed by atoms with E-state index in [0.29, 0.717) is 6.54 Å². The topological polar surface area (TPSA) is 58.4 Å². The third kappa shape index (κ3) is 3.49. The Bertz CT molecular complexity index is 649. The maximum absolute atomic E-state index is 11.7. The second kappa shape index (κ2) is 6.10. The lowest BCUT2D eigenvalue weighted by molar-refractivity contribution is -0.143. The summed E-state index contributed by atoms with van der Waals surface area (Å²) in [5.74, 6) is -0.843. The van der Waals surface area contributed by atoms with Crippen molar-refractivity contribution in [2.24, 2.45) is 7.05 Å². The van der Waals surface area contributed by atoms with Crippen LogP contribution < -0.4 is 0 Å². The first-order chi connectivity index (χ1) is 9.88. The Kier molecular flexibility index (Phi) is 4.43. The van der Waals surface area contributed by atoms with Crippen molar-refractivity contribution in [2.45, 2.75) is 26.4 Å². The van der Waals surface area contributed by atoms with Crippen molar-refractivity contribution in [2.75, 3.05) is 7.05 Å². The van der Waals surface area contributed by atoms with E-state index >= 15 is 0 Å². The Morgan fingerprint density at radius 2 is 2.10 bits per heavy atom. The molecule has 1 unspecified atom stereocenters. The van der Waals surface area contributed by atoms with Crippen molar-refractivity contribution < 1.29 is 9.90 Å². The van der Waals surface area contributed by atoms with Gasteiger partial charge in [0.15, 0.2) is 0 Å². The van der Waals surface area contributed by atoms with Gasteiger partial charge in [0.25, 0.3) is 0 Å². The highest BCUT2D eigenvalue weighted by molar-refractivity contribution is 5.75. The van der Waals surface area contributed by atoms with Crippen molar-refractivity contribution in [3.63, 3.8) is 0 Å². The standard InChI is InChI=1S/C16H21N3O2/c1-11-5-6-14(7-12(11)2)15(16(20)21)18(3)9-13-8-17-19(4)10-13/h5-8,10,15H,9H2,1-4H3,(H,20,21). The van der Waals surface area contributed by atoms with Crippen LogP contribution in [-0.2, 0) is 18.4 Å². The van der Waals surface area contributed by atoms with Crippen molar-refractivity contribution in [1.82, 2.24) is 14.7 Å². The molecule has 0 radical (unpaired) electrons. The minimum Gasteiger partial charge on any atom is -0.480 e. The molecule has 2 aromatic rings. The highest BCUT2D eigenvalue weighted by atomic mass is 16.4. The van der Waals surface area contributed by atoms with Crippen LogP contribution >= 0.6 is 0 Å². The summed E-state index contributed by atoms with van der Waals surface area (Å²) >= 11 is 0. The lowest BCUT2D eigenvalue weighted by Crippen LogP contribution is -2.30. The molecule has 21 heavy (non-hydrogen) atoms. The van der Waals surface area contributed by atoms with Gasteiger partial charge in [0, 0.05) is 25.4 Å². The zero-order valence-electron chi connectivity index (χ0n) is 12.9. The van der Waals surface area contributed by atoms with Gasteiger partial charge in [-0.25, -0.2) is 0 Å². The number of hydrogen-bond donors (Lipinski definition) is 1. The average Bonchev–Trinajstić information content (AvgIpc) is 2.79. The SMILES string of the molecule is Cc1ccc(C(C(=O)O)N(C)Cc2cnn(C)c2)cc1C. The maximum atomic E-state index is 11.7. The molecule has 0 amide bonds. The van der Waals surface area contributed by atoms with Crippen LogP contribution in [0.25, 0.3) is 0 Å². The predicted octanol–water partition coefficient (Wildman–Crippen LogP) is 2.29. The van der Waals surface area contributed by atoms with Gasteiger partial charge in [-0.1, -0.05) is 18.2 Å². The van der Waals surface area contributed by atoms with Gasteiger partial charge in [-0.3, -0.25) is 14.4 Å². The number of likely N-dealkylation sites (N-methyl/N-ethyl adjacent to an activating group) is 1. The summed E-state index contributed by atoms with van der Waals surface area (Å²) < 4.78 is 1.72. The number of nitrogens with zero attached hydrogens (tertiary/aromatic N) is 3. The van der Waals surface area contributed by atoms with E-state index in [1.54, 1.807) is 10.9 Å². The van der Waals surface area contributed by atoms with E-state index in [0.717, 1.165) is 22.3 Å². The fourth-order valence-corrected chi connectivity index (χ4v) is 2.45. The number of rotatable bonds is 5. The second-order valence-corrected chi connectivity index (χ2v) is 5.52. The summed E-state index contributed by atoms with van der Waals surface area (Å²) in [6.07, 6.45) is 3.66. The molecule has 5 heteroatoms. The summed E-state index contributed by atoms with van der Waals surface area (Å²) in [5, 5.41) is 13.7. The Morgan fingerprint density at radius 1 is 1.38 bits per heavy atom. The molecule has 1 aromatic heterocycles. The van der Waals surface area contributed by atoms with Gasteiger partial charge in [0.2, 0.25) is 0 Å². The van der Waals surface area contributed by atoms with Crippen LogP contribution in [-0.4, -0.2) is 32.8 Å². The lowest BCUT2D eigenvalue weighted by Gasteiger charge is -2.25. The molecule has 0 bridgehead atoms. The molecule has 0 saturated heterocycles. The van der Waals surface area contributed by atoms with Crippen LogP contribution in [0.5, 0.6) is 0 Å². The summed E-state index contributed by atoms with van der Waals surface area (Å²) in [6, 6.07) is 5.15. The van der Waals surface area contributed by atoms with Crippen molar-refractivity contribution in [3.8, 4) is 0 Å². The first-order valence-electron chi connectivity index (χ1n) is 6.86. The summed E-state index contributed by atoms with van der Waals surface area (Å²) in [4.78, 5) is 13.5. The van der Waals surface area contributed by atoms with Gasteiger partial charge in [-0.15, -0.1) is 0 Å². The Morgan fingerprint density at radius 3 is 2.62 bits per heavy atom. The Hall–Kier alpha value is -2.14. The van der Waals surface area contributed by atoms with Crippen LogP contribution in [0.2, 0.25) is 0 Å². The molecule has 2 rings (SSSR count). The number of benzene rings is 1. The minimum atomic E-state index is -0.843. The van der Waals surface area contributed by atoms with Crippen molar-refractivity contribution >= 4 is 5.97 Å². The van der Waals surface area contributed by atoms with Crippen molar-refractivity contribution in [1.29, 1.82) is 0 Å². The first kappa shape index (κ1) is 15.3. The molecule has 0 spiro atoms. The summed E-state index contributed by atoms with van der Waals surface area (Å²) in [7, 11) is 3.67. The van der Waals surface area contributed by atoms with E-state index in [1.165, 1.54) is 0 Å². The zero-order valence-corrected chi connectivity index (χ0v) is 12.9. The van der Waals surface area contributed by atoms with Gasteiger partial charge < -0.3 is 5.11 Å². The van der Waals surface area contributed by atoms with Crippen LogP contribution in [0.3, 0.4) is 0 Å².